The quantitative estimate of drug-likeness (QED) is 0.743. The van der Waals surface area contributed by atoms with E-state index in [2.05, 4.69) is 59.0 Å². The third kappa shape index (κ3) is 1.42. The number of likely N-dealkylation sites (N-methyl/N-ethyl adjacent to an activating group) is 1. The van der Waals surface area contributed by atoms with Crippen LogP contribution < -0.4 is 4.90 Å². The van der Waals surface area contributed by atoms with Gasteiger partial charge in [0.05, 0.1) is 0 Å². The average Bonchev–Trinajstić information content (AvgIpc) is 2.89. The lowest BCUT2D eigenvalue weighted by atomic mass is 10.1. The molecule has 16 heavy (non-hydrogen) atoms. The molecule has 0 bridgehead atoms. The maximum absolute atomic E-state index is 2.42. The summed E-state index contributed by atoms with van der Waals surface area (Å²) in [6.45, 7) is 5.58. The van der Waals surface area contributed by atoms with E-state index in [-0.39, 0.29) is 0 Å². The number of nitrogens with zero attached hydrogens (tertiary/aromatic N) is 2. The van der Waals surface area contributed by atoms with Crippen LogP contribution in [0.15, 0.2) is 42.6 Å². The van der Waals surface area contributed by atoms with Crippen LogP contribution in [0, 0.1) is 0 Å². The highest BCUT2D eigenvalue weighted by Crippen LogP contribution is 2.30. The number of fused-ring (bicyclic) bond motifs is 1. The third-order valence-electron chi connectivity index (χ3n) is 3.30. The van der Waals surface area contributed by atoms with Crippen molar-refractivity contribution in [3.05, 3.63) is 42.6 Å². The van der Waals surface area contributed by atoms with E-state index in [9.17, 15) is 0 Å². The van der Waals surface area contributed by atoms with E-state index in [1.807, 2.05) is 0 Å². The van der Waals surface area contributed by atoms with E-state index >= 15 is 0 Å². The molecule has 0 spiro atoms. The summed E-state index contributed by atoms with van der Waals surface area (Å²) < 4.78 is 2.35. The standard InChI is InChI=1S/C14H16N2/c1-2-15-8-9-16-11-13(10-14(15)16)12-6-4-3-5-7-12/h3-7,10-11H,2,8-9H2,1H3. The monoisotopic (exact) mass is 212 g/mol. The molecular formula is C14H16N2. The van der Waals surface area contributed by atoms with Crippen LogP contribution in [0.4, 0.5) is 5.82 Å². The summed E-state index contributed by atoms with van der Waals surface area (Å²) >= 11 is 0. The van der Waals surface area contributed by atoms with Crippen LogP contribution in [-0.4, -0.2) is 17.7 Å². The minimum absolute atomic E-state index is 1.10. The molecule has 3 rings (SSSR count). The van der Waals surface area contributed by atoms with E-state index in [0.29, 0.717) is 0 Å². The lowest BCUT2D eigenvalue weighted by Gasteiger charge is -2.13. The number of hydrogen-bond acceptors (Lipinski definition) is 1. The molecule has 2 heterocycles. The highest BCUT2D eigenvalue weighted by atomic mass is 15.3. The Morgan fingerprint density at radius 2 is 1.88 bits per heavy atom. The van der Waals surface area contributed by atoms with Gasteiger partial charge in [-0.25, -0.2) is 0 Å². The Hall–Kier alpha value is -1.70. The molecule has 1 aromatic heterocycles. The van der Waals surface area contributed by atoms with Crippen LogP contribution in [0.25, 0.3) is 11.1 Å². The van der Waals surface area contributed by atoms with E-state index in [0.717, 1.165) is 19.6 Å². The van der Waals surface area contributed by atoms with Crippen LogP contribution >= 0.6 is 0 Å². The van der Waals surface area contributed by atoms with Gasteiger partial charge in [0.15, 0.2) is 0 Å². The Labute approximate surface area is 96.1 Å². The SMILES string of the molecule is CCN1CCn2cc(-c3ccccc3)cc21. The van der Waals surface area contributed by atoms with Crippen molar-refractivity contribution in [1.29, 1.82) is 0 Å². The van der Waals surface area contributed by atoms with E-state index in [1.165, 1.54) is 16.9 Å². The number of aromatic nitrogens is 1. The molecule has 0 saturated carbocycles. The molecule has 1 aliphatic rings. The van der Waals surface area contributed by atoms with Crippen LogP contribution in [0.3, 0.4) is 0 Å². The minimum Gasteiger partial charge on any atom is -0.356 e. The molecule has 0 amide bonds. The van der Waals surface area contributed by atoms with E-state index in [4.69, 9.17) is 0 Å². The van der Waals surface area contributed by atoms with Crippen molar-refractivity contribution in [2.24, 2.45) is 0 Å². The summed E-state index contributed by atoms with van der Waals surface area (Å²) in [7, 11) is 0. The second-order valence-corrected chi connectivity index (χ2v) is 4.23. The van der Waals surface area contributed by atoms with Crippen LogP contribution in [0.5, 0.6) is 0 Å². The van der Waals surface area contributed by atoms with Gasteiger partial charge in [-0.15, -0.1) is 0 Å². The van der Waals surface area contributed by atoms with Crippen molar-refractivity contribution in [3.63, 3.8) is 0 Å². The number of rotatable bonds is 2. The second kappa shape index (κ2) is 3.71. The minimum atomic E-state index is 1.10. The summed E-state index contributed by atoms with van der Waals surface area (Å²) in [5, 5.41) is 0. The Bertz CT molecular complexity index is 485. The molecule has 0 fully saturated rings. The predicted octanol–water partition coefficient (Wildman–Crippen LogP) is 3.00. The van der Waals surface area contributed by atoms with Gasteiger partial charge in [-0.05, 0) is 18.6 Å². The van der Waals surface area contributed by atoms with Crippen molar-refractivity contribution in [3.8, 4) is 11.1 Å². The van der Waals surface area contributed by atoms with Crippen LogP contribution in [0.1, 0.15) is 6.92 Å². The Morgan fingerprint density at radius 3 is 2.62 bits per heavy atom. The van der Waals surface area contributed by atoms with E-state index < -0.39 is 0 Å². The zero-order valence-electron chi connectivity index (χ0n) is 9.56. The first-order valence-electron chi connectivity index (χ1n) is 5.89. The second-order valence-electron chi connectivity index (χ2n) is 4.23. The summed E-state index contributed by atoms with van der Waals surface area (Å²) in [6, 6.07) is 12.9. The molecule has 0 saturated heterocycles. The highest BCUT2D eigenvalue weighted by molar-refractivity contribution is 5.68. The first-order valence-corrected chi connectivity index (χ1v) is 5.89. The lowest BCUT2D eigenvalue weighted by Crippen LogP contribution is -2.18. The molecule has 0 aliphatic carbocycles. The zero-order valence-corrected chi connectivity index (χ0v) is 9.56. The molecule has 1 aromatic carbocycles. The topological polar surface area (TPSA) is 8.17 Å². The normalized spacial score (nSPS) is 14.2. The van der Waals surface area contributed by atoms with Gasteiger partial charge in [-0.3, -0.25) is 0 Å². The Kier molecular flexibility index (Phi) is 2.21. The van der Waals surface area contributed by atoms with Crippen molar-refractivity contribution in [2.75, 3.05) is 18.0 Å². The van der Waals surface area contributed by atoms with Crippen LogP contribution in [-0.2, 0) is 6.54 Å². The molecule has 2 nitrogen and oxygen atoms in total. The van der Waals surface area contributed by atoms with Gasteiger partial charge < -0.3 is 9.47 Å². The molecule has 2 heteroatoms. The third-order valence-corrected chi connectivity index (χ3v) is 3.30. The summed E-state index contributed by atoms with van der Waals surface area (Å²) in [4.78, 5) is 2.42. The molecule has 1 aliphatic heterocycles. The molecule has 0 radical (unpaired) electrons. The maximum atomic E-state index is 2.42. The van der Waals surface area contributed by atoms with Gasteiger partial charge >= 0.3 is 0 Å². The summed E-state index contributed by atoms with van der Waals surface area (Å²) in [5.41, 5.74) is 2.63. The fraction of sp³-hybridized carbons (Fsp3) is 0.286. The molecule has 82 valence electrons. The average molecular weight is 212 g/mol. The molecule has 0 unspecified atom stereocenters. The van der Waals surface area contributed by atoms with Gasteiger partial charge in [0, 0.05) is 31.4 Å². The van der Waals surface area contributed by atoms with E-state index in [1.54, 1.807) is 0 Å². The van der Waals surface area contributed by atoms with Gasteiger partial charge in [-0.1, -0.05) is 30.3 Å². The Balaban J connectivity index is 2.00. The molecule has 0 atom stereocenters. The van der Waals surface area contributed by atoms with Crippen molar-refractivity contribution >= 4 is 5.82 Å². The van der Waals surface area contributed by atoms with Gasteiger partial charge in [0.25, 0.3) is 0 Å². The molecule has 2 aromatic rings. The van der Waals surface area contributed by atoms with Gasteiger partial charge in [-0.2, -0.15) is 0 Å². The number of benzene rings is 1. The fourth-order valence-corrected chi connectivity index (χ4v) is 2.40. The number of hydrogen-bond donors (Lipinski definition) is 0. The van der Waals surface area contributed by atoms with Crippen molar-refractivity contribution in [2.45, 2.75) is 13.5 Å². The van der Waals surface area contributed by atoms with Crippen molar-refractivity contribution < 1.29 is 0 Å². The highest BCUT2D eigenvalue weighted by Gasteiger charge is 2.18. The molecule has 0 N–H and O–H groups in total. The number of anilines is 1. The zero-order chi connectivity index (χ0) is 11.0. The summed E-state index contributed by atoms with van der Waals surface area (Å²) in [5.74, 6) is 1.36. The fourth-order valence-electron chi connectivity index (χ4n) is 2.40. The first kappa shape index (κ1) is 9.52. The van der Waals surface area contributed by atoms with Crippen molar-refractivity contribution in [1.82, 2.24) is 4.57 Å². The Morgan fingerprint density at radius 1 is 1.06 bits per heavy atom. The summed E-state index contributed by atoms with van der Waals surface area (Å²) in [6.07, 6.45) is 2.26. The maximum Gasteiger partial charge on any atom is 0.109 e. The van der Waals surface area contributed by atoms with Crippen LogP contribution in [0.2, 0.25) is 0 Å². The molecular weight excluding hydrogens is 196 g/mol. The predicted molar refractivity (Wildman–Crippen MR) is 67.8 cm³/mol. The van der Waals surface area contributed by atoms with Gasteiger partial charge in [0.1, 0.15) is 5.82 Å². The smallest absolute Gasteiger partial charge is 0.109 e. The largest absolute Gasteiger partial charge is 0.356 e. The lowest BCUT2D eigenvalue weighted by molar-refractivity contribution is 0.780. The first-order chi connectivity index (χ1) is 7.88. The van der Waals surface area contributed by atoms with Gasteiger partial charge in [0.2, 0.25) is 0 Å².